The number of aromatic hydroxyl groups is 1. The van der Waals surface area contributed by atoms with Gasteiger partial charge < -0.3 is 9.52 Å². The molecule has 0 fully saturated rings. The number of phenolic OH excluding ortho intramolecular Hbond substituents is 1. The van der Waals surface area contributed by atoms with Gasteiger partial charge in [-0.2, -0.15) is 0 Å². The summed E-state index contributed by atoms with van der Waals surface area (Å²) in [5.41, 5.74) is 4.31. The van der Waals surface area contributed by atoms with Crippen molar-refractivity contribution in [2.24, 2.45) is 0 Å². The summed E-state index contributed by atoms with van der Waals surface area (Å²) in [6.45, 7) is 2.34. The number of phenols is 1. The van der Waals surface area contributed by atoms with Gasteiger partial charge in [-0.25, -0.2) is 4.79 Å². The molecule has 0 saturated heterocycles. The molecule has 0 amide bonds. The summed E-state index contributed by atoms with van der Waals surface area (Å²) in [5, 5.41) is 10.2. The Morgan fingerprint density at radius 2 is 2.00 bits per heavy atom. The first-order chi connectivity index (χ1) is 12.1. The zero-order valence-electron chi connectivity index (χ0n) is 13.8. The summed E-state index contributed by atoms with van der Waals surface area (Å²) < 4.78 is 5.28. The molecule has 0 bridgehead atoms. The maximum atomic E-state index is 12.1. The number of hydrogen-bond acceptors (Lipinski definition) is 5. The minimum atomic E-state index is -0.416. The van der Waals surface area contributed by atoms with Crippen molar-refractivity contribution in [3.05, 3.63) is 88.4 Å². The van der Waals surface area contributed by atoms with E-state index in [-0.39, 0.29) is 11.7 Å². The van der Waals surface area contributed by atoms with Crippen molar-refractivity contribution in [3.8, 4) is 5.75 Å². The molecule has 3 rings (SSSR count). The van der Waals surface area contributed by atoms with Crippen LogP contribution in [0.4, 0.5) is 0 Å². The van der Waals surface area contributed by atoms with Crippen molar-refractivity contribution in [1.29, 1.82) is 0 Å². The van der Waals surface area contributed by atoms with E-state index in [9.17, 15) is 9.90 Å². The average Bonchev–Trinajstić information content (AvgIpc) is 2.61. The van der Waals surface area contributed by atoms with Gasteiger partial charge in [0.05, 0.1) is 6.61 Å². The lowest BCUT2D eigenvalue weighted by Crippen LogP contribution is -2.11. The Morgan fingerprint density at radius 3 is 2.80 bits per heavy atom. The monoisotopic (exact) mass is 337 g/mol. The van der Waals surface area contributed by atoms with Gasteiger partial charge in [-0.3, -0.25) is 10.3 Å². The molecule has 0 aliphatic rings. The van der Waals surface area contributed by atoms with Gasteiger partial charge in [0.1, 0.15) is 11.3 Å². The lowest BCUT2D eigenvalue weighted by Gasteiger charge is -2.07. The van der Waals surface area contributed by atoms with Crippen molar-refractivity contribution < 1.29 is 14.4 Å². The van der Waals surface area contributed by atoms with Crippen LogP contribution in [0.1, 0.15) is 24.0 Å². The number of hydroxylamine groups is 1. The first kappa shape index (κ1) is 16.8. The Morgan fingerprint density at radius 1 is 1.20 bits per heavy atom. The van der Waals surface area contributed by atoms with Gasteiger partial charge in [0, 0.05) is 29.1 Å². The van der Waals surface area contributed by atoms with E-state index < -0.39 is 5.63 Å². The van der Waals surface area contributed by atoms with Gasteiger partial charge in [0.2, 0.25) is 0 Å². The topological polar surface area (TPSA) is 71.7 Å². The largest absolute Gasteiger partial charge is 0.508 e. The van der Waals surface area contributed by atoms with E-state index in [1.807, 2.05) is 43.3 Å². The highest BCUT2D eigenvalue weighted by atomic mass is 16.6. The number of benzene rings is 2. The maximum Gasteiger partial charge on any atom is 0.340 e. The van der Waals surface area contributed by atoms with Crippen LogP contribution in [0.3, 0.4) is 0 Å². The van der Waals surface area contributed by atoms with Crippen LogP contribution in [0.25, 0.3) is 11.0 Å². The summed E-state index contributed by atoms with van der Waals surface area (Å²) in [4.78, 5) is 17.5. The average molecular weight is 337 g/mol. The molecular formula is C20H19NO4. The lowest BCUT2D eigenvalue weighted by molar-refractivity contribution is 0.0573. The van der Waals surface area contributed by atoms with Crippen LogP contribution in [-0.4, -0.2) is 5.11 Å². The third-order valence-electron chi connectivity index (χ3n) is 3.86. The Balaban J connectivity index is 1.63. The van der Waals surface area contributed by atoms with Gasteiger partial charge in [0.25, 0.3) is 0 Å². The molecular weight excluding hydrogens is 318 g/mol. The molecule has 128 valence electrons. The second kappa shape index (κ2) is 7.68. The van der Waals surface area contributed by atoms with Crippen LogP contribution in [0.5, 0.6) is 5.75 Å². The van der Waals surface area contributed by atoms with Gasteiger partial charge in [-0.1, -0.05) is 43.3 Å². The summed E-state index contributed by atoms with van der Waals surface area (Å²) in [5.74, 6) is -0.0848. The van der Waals surface area contributed by atoms with Gasteiger partial charge in [-0.05, 0) is 23.8 Å². The van der Waals surface area contributed by atoms with Crippen molar-refractivity contribution in [3.63, 3.8) is 0 Å². The molecule has 2 N–H and O–H groups in total. The molecule has 1 heterocycles. The molecule has 5 heteroatoms. The first-order valence-electron chi connectivity index (χ1n) is 7.98. The second-order valence-corrected chi connectivity index (χ2v) is 5.75. The van der Waals surface area contributed by atoms with Crippen molar-refractivity contribution >= 4 is 11.0 Å². The van der Waals surface area contributed by atoms with Crippen LogP contribution in [0.15, 0.2) is 76.1 Å². The van der Waals surface area contributed by atoms with Gasteiger partial charge >= 0.3 is 5.63 Å². The van der Waals surface area contributed by atoms with E-state index in [1.54, 1.807) is 24.4 Å². The molecule has 0 spiro atoms. The Labute approximate surface area is 145 Å². The molecule has 0 radical (unpaired) electrons. The van der Waals surface area contributed by atoms with E-state index in [0.29, 0.717) is 17.8 Å². The van der Waals surface area contributed by atoms with Crippen LogP contribution in [-0.2, 0) is 11.4 Å². The minimum absolute atomic E-state index is 0.0658. The van der Waals surface area contributed by atoms with Crippen LogP contribution >= 0.6 is 0 Å². The van der Waals surface area contributed by atoms with Crippen molar-refractivity contribution in [2.75, 3.05) is 0 Å². The molecule has 3 aromatic rings. The summed E-state index contributed by atoms with van der Waals surface area (Å²) in [6, 6.07) is 16.3. The maximum absolute atomic E-state index is 12.1. The Hall–Kier alpha value is -3.05. The molecule has 0 aliphatic heterocycles. The van der Waals surface area contributed by atoms with Crippen LogP contribution < -0.4 is 11.1 Å². The van der Waals surface area contributed by atoms with Crippen molar-refractivity contribution in [2.45, 2.75) is 19.4 Å². The fourth-order valence-corrected chi connectivity index (χ4v) is 2.47. The number of nitrogens with one attached hydrogen (secondary N) is 1. The van der Waals surface area contributed by atoms with E-state index in [2.05, 4.69) is 5.48 Å². The number of hydrogen-bond donors (Lipinski definition) is 2. The van der Waals surface area contributed by atoms with E-state index in [0.717, 1.165) is 10.9 Å². The fraction of sp³-hybridized carbons (Fsp3) is 0.150. The summed E-state index contributed by atoms with van der Waals surface area (Å²) >= 11 is 0. The molecule has 2 aromatic carbocycles. The fourth-order valence-electron chi connectivity index (χ4n) is 2.47. The third kappa shape index (κ3) is 4.28. The predicted molar refractivity (Wildman–Crippen MR) is 96.1 cm³/mol. The van der Waals surface area contributed by atoms with Crippen molar-refractivity contribution in [1.82, 2.24) is 5.48 Å². The Kier molecular flexibility index (Phi) is 5.16. The van der Waals surface area contributed by atoms with Gasteiger partial charge in [0.15, 0.2) is 0 Å². The highest BCUT2D eigenvalue weighted by Crippen LogP contribution is 2.22. The number of allylic oxidation sites excluding steroid dienone is 1. The normalized spacial score (nSPS) is 12.5. The predicted octanol–water partition coefficient (Wildman–Crippen LogP) is 3.84. The molecule has 0 aliphatic carbocycles. The SMILES string of the molecule is CC(/C=C/NOCc1ccccc1)c1cc2ccc(O)cc2oc1=O. The van der Waals surface area contributed by atoms with E-state index in [1.165, 1.54) is 6.07 Å². The van der Waals surface area contributed by atoms with Crippen LogP contribution in [0.2, 0.25) is 0 Å². The highest BCUT2D eigenvalue weighted by molar-refractivity contribution is 5.78. The molecule has 5 nitrogen and oxygen atoms in total. The lowest BCUT2D eigenvalue weighted by atomic mass is 10.0. The molecule has 1 unspecified atom stereocenters. The third-order valence-corrected chi connectivity index (χ3v) is 3.86. The number of fused-ring (bicyclic) bond motifs is 1. The molecule has 0 saturated carbocycles. The van der Waals surface area contributed by atoms with Crippen LogP contribution in [0, 0.1) is 0 Å². The second-order valence-electron chi connectivity index (χ2n) is 5.75. The summed E-state index contributed by atoms with van der Waals surface area (Å²) in [6.07, 6.45) is 3.48. The zero-order valence-corrected chi connectivity index (χ0v) is 13.8. The summed E-state index contributed by atoms with van der Waals surface area (Å²) in [7, 11) is 0. The molecule has 1 atom stereocenters. The Bertz CT molecular complexity index is 931. The first-order valence-corrected chi connectivity index (χ1v) is 7.98. The van der Waals surface area contributed by atoms with E-state index in [4.69, 9.17) is 9.25 Å². The molecule has 25 heavy (non-hydrogen) atoms. The quantitative estimate of drug-likeness (QED) is 0.406. The highest BCUT2D eigenvalue weighted by Gasteiger charge is 2.10. The van der Waals surface area contributed by atoms with E-state index >= 15 is 0 Å². The molecule has 1 aromatic heterocycles. The minimum Gasteiger partial charge on any atom is -0.508 e. The zero-order chi connectivity index (χ0) is 17.6. The smallest absolute Gasteiger partial charge is 0.340 e. The van der Waals surface area contributed by atoms with Gasteiger partial charge in [-0.15, -0.1) is 0 Å². The standard InChI is InChI=1S/C20H19NO4/c1-14(9-10-21-24-13-15-5-3-2-4-6-15)18-11-16-7-8-17(22)12-19(16)25-20(18)23/h2-12,14,21-22H,13H2,1H3/b10-9+. The number of rotatable bonds is 6.